The Morgan fingerprint density at radius 3 is 2.17 bits per heavy atom. The maximum absolute atomic E-state index is 2.27. The average Bonchev–Trinajstić information content (AvgIpc) is 2.03. The first-order valence-corrected chi connectivity index (χ1v) is 4.33. The minimum atomic E-state index is 0. The van der Waals surface area contributed by atoms with Gasteiger partial charge in [-0.25, -0.2) is 0 Å². The van der Waals surface area contributed by atoms with Gasteiger partial charge in [0.05, 0.1) is 0 Å². The molecule has 0 saturated heterocycles. The Labute approximate surface area is 86.1 Å². The molecule has 1 aromatic carbocycles. The molecule has 0 N–H and O–H groups in total. The van der Waals surface area contributed by atoms with E-state index in [4.69, 9.17) is 0 Å². The van der Waals surface area contributed by atoms with Crippen molar-refractivity contribution in [3.63, 3.8) is 0 Å². The number of hydrogen-bond acceptors (Lipinski definition) is 0. The summed E-state index contributed by atoms with van der Waals surface area (Å²) in [7, 11) is 0. The van der Waals surface area contributed by atoms with Gasteiger partial charge < -0.3 is 0 Å². The van der Waals surface area contributed by atoms with Crippen LogP contribution in [0.3, 0.4) is 0 Å². The zero-order chi connectivity index (χ0) is 8.10. The molecule has 1 heteroatoms. The van der Waals surface area contributed by atoms with Crippen molar-refractivity contribution in [2.45, 2.75) is 26.7 Å². The van der Waals surface area contributed by atoms with Crippen molar-refractivity contribution in [2.24, 2.45) is 5.92 Å². The molecule has 0 bridgehead atoms. The highest BCUT2D eigenvalue weighted by Gasteiger charge is 1.94. The van der Waals surface area contributed by atoms with Crippen LogP contribution in [0.25, 0.3) is 0 Å². The van der Waals surface area contributed by atoms with Crippen molar-refractivity contribution in [2.75, 3.05) is 0 Å². The third-order valence-corrected chi connectivity index (χ3v) is 1.85. The minimum Gasteiger partial charge on any atom is -0.0628 e. The molecule has 1 rings (SSSR count). The predicted octanol–water partition coefficient (Wildman–Crippen LogP) is 2.09. The third-order valence-electron chi connectivity index (χ3n) is 1.85. The first kappa shape index (κ1) is 11.8. The normalized spacial score (nSPS) is 9.58. The molecule has 0 saturated carbocycles. The molecule has 0 aliphatic carbocycles. The number of hydrogen-bond donors (Lipinski definition) is 0. The molecule has 0 amide bonds. The summed E-state index contributed by atoms with van der Waals surface area (Å²) in [6.07, 6.45) is 2.52. The van der Waals surface area contributed by atoms with Gasteiger partial charge in [0.15, 0.2) is 17.4 Å². The van der Waals surface area contributed by atoms with Crippen LogP contribution in [0.5, 0.6) is 0 Å². The molecule has 0 radical (unpaired) electrons. The Morgan fingerprint density at radius 1 is 1.08 bits per heavy atom. The summed E-state index contributed by atoms with van der Waals surface area (Å²) in [6, 6.07) is 10.7. The van der Waals surface area contributed by atoms with Gasteiger partial charge in [-0.05, 0) is 24.3 Å². The molecule has 0 aliphatic rings. The molecular formula is C11H19Al. The van der Waals surface area contributed by atoms with E-state index in [0.29, 0.717) is 0 Å². The fraction of sp³-hybridized carbons (Fsp3) is 0.455. The van der Waals surface area contributed by atoms with Crippen molar-refractivity contribution in [1.29, 1.82) is 0 Å². The first-order valence-electron chi connectivity index (χ1n) is 4.33. The quantitative estimate of drug-likeness (QED) is 0.622. The van der Waals surface area contributed by atoms with Crippen molar-refractivity contribution >= 4 is 17.4 Å². The van der Waals surface area contributed by atoms with Crippen molar-refractivity contribution in [1.82, 2.24) is 0 Å². The molecule has 0 nitrogen and oxygen atoms in total. The van der Waals surface area contributed by atoms with Crippen molar-refractivity contribution < 1.29 is 0 Å². The summed E-state index contributed by atoms with van der Waals surface area (Å²) in [4.78, 5) is 0. The predicted molar refractivity (Wildman–Crippen MR) is 59.5 cm³/mol. The molecule has 0 heterocycles. The van der Waals surface area contributed by atoms with E-state index in [1.54, 1.807) is 0 Å². The highest BCUT2D eigenvalue weighted by atomic mass is 27.0. The first-order chi connectivity index (χ1) is 5.29. The second kappa shape index (κ2) is 6.29. The lowest BCUT2D eigenvalue weighted by molar-refractivity contribution is 0.587. The van der Waals surface area contributed by atoms with Crippen LogP contribution in [0.2, 0.25) is 0 Å². The van der Waals surface area contributed by atoms with Crippen molar-refractivity contribution in [3.05, 3.63) is 35.9 Å². The summed E-state index contributed by atoms with van der Waals surface area (Å²) < 4.78 is 0. The topological polar surface area (TPSA) is 0 Å². The summed E-state index contributed by atoms with van der Waals surface area (Å²) in [5, 5.41) is 0. The molecule has 0 unspecified atom stereocenters. The summed E-state index contributed by atoms with van der Waals surface area (Å²) in [6.45, 7) is 4.53. The minimum absolute atomic E-state index is 0. The fourth-order valence-corrected chi connectivity index (χ4v) is 1.10. The van der Waals surface area contributed by atoms with Gasteiger partial charge in [-0.15, -0.1) is 0 Å². The van der Waals surface area contributed by atoms with Crippen molar-refractivity contribution in [3.8, 4) is 0 Å². The lowest BCUT2D eigenvalue weighted by Crippen LogP contribution is -1.91. The van der Waals surface area contributed by atoms with Gasteiger partial charge in [0.2, 0.25) is 0 Å². The van der Waals surface area contributed by atoms with Gasteiger partial charge in [-0.2, -0.15) is 0 Å². The molecule has 0 aromatic heterocycles. The highest BCUT2D eigenvalue weighted by Crippen LogP contribution is 2.07. The van der Waals surface area contributed by atoms with E-state index >= 15 is 0 Å². The summed E-state index contributed by atoms with van der Waals surface area (Å²) >= 11 is 0. The maximum Gasteiger partial charge on any atom is 0.187 e. The lowest BCUT2D eigenvalue weighted by atomic mass is 10.0. The van der Waals surface area contributed by atoms with E-state index in [-0.39, 0.29) is 17.4 Å². The average molecular weight is 178 g/mol. The Hall–Kier alpha value is -0.248. The Morgan fingerprint density at radius 2 is 1.67 bits per heavy atom. The van der Waals surface area contributed by atoms with Crippen LogP contribution in [0.15, 0.2) is 30.3 Å². The van der Waals surface area contributed by atoms with Crippen LogP contribution in [-0.2, 0) is 6.42 Å². The van der Waals surface area contributed by atoms with E-state index in [2.05, 4.69) is 44.2 Å². The molecular weight excluding hydrogens is 159 g/mol. The fourth-order valence-electron chi connectivity index (χ4n) is 1.10. The second-order valence-corrected chi connectivity index (χ2v) is 3.42. The number of benzene rings is 1. The largest absolute Gasteiger partial charge is 0.187 e. The Balaban J connectivity index is 0.00000121. The monoisotopic (exact) mass is 178 g/mol. The molecule has 0 fully saturated rings. The van der Waals surface area contributed by atoms with Gasteiger partial charge in [-0.1, -0.05) is 44.2 Å². The Kier molecular flexibility index (Phi) is 6.16. The zero-order valence-corrected chi connectivity index (χ0v) is 7.38. The van der Waals surface area contributed by atoms with Crippen LogP contribution < -0.4 is 0 Å². The number of aryl methyl sites for hydroxylation is 1. The van der Waals surface area contributed by atoms with Gasteiger partial charge in [0.1, 0.15) is 0 Å². The summed E-state index contributed by atoms with van der Waals surface area (Å²) in [5.41, 5.74) is 1.46. The molecule has 1 aromatic rings. The lowest BCUT2D eigenvalue weighted by Gasteiger charge is -2.03. The van der Waals surface area contributed by atoms with Gasteiger partial charge in [0.25, 0.3) is 0 Å². The highest BCUT2D eigenvalue weighted by molar-refractivity contribution is 5.75. The third kappa shape index (κ3) is 4.59. The molecule has 0 atom stereocenters. The van der Waals surface area contributed by atoms with E-state index in [1.165, 1.54) is 18.4 Å². The smallest absolute Gasteiger partial charge is 0.0628 e. The van der Waals surface area contributed by atoms with Crippen LogP contribution in [-0.4, -0.2) is 17.4 Å². The van der Waals surface area contributed by atoms with Gasteiger partial charge >= 0.3 is 0 Å². The molecule has 0 spiro atoms. The standard InChI is InChI=1S/C11H16.Al.3H/c1-10(2)8-9-11-6-4-3-5-7-11;;;;/h3-7,10H,8-9H2,1-2H3;;;;. The van der Waals surface area contributed by atoms with Gasteiger partial charge in [-0.3, -0.25) is 0 Å². The van der Waals surface area contributed by atoms with Crippen LogP contribution in [0.4, 0.5) is 0 Å². The summed E-state index contributed by atoms with van der Waals surface area (Å²) in [5.74, 6) is 0.815. The van der Waals surface area contributed by atoms with Crippen LogP contribution >= 0.6 is 0 Å². The van der Waals surface area contributed by atoms with E-state index < -0.39 is 0 Å². The van der Waals surface area contributed by atoms with Gasteiger partial charge in [0, 0.05) is 0 Å². The molecule has 66 valence electrons. The van der Waals surface area contributed by atoms with E-state index in [1.807, 2.05) is 0 Å². The zero-order valence-electron chi connectivity index (χ0n) is 7.38. The van der Waals surface area contributed by atoms with Crippen LogP contribution in [0.1, 0.15) is 25.8 Å². The maximum atomic E-state index is 2.27. The van der Waals surface area contributed by atoms with E-state index in [0.717, 1.165) is 5.92 Å². The molecule has 12 heavy (non-hydrogen) atoms. The number of rotatable bonds is 3. The van der Waals surface area contributed by atoms with Crippen LogP contribution in [0, 0.1) is 5.92 Å². The SMILES string of the molecule is CC(C)CCc1ccccc1.[AlH3]. The second-order valence-electron chi connectivity index (χ2n) is 3.42. The molecule has 0 aliphatic heterocycles. The Bertz CT molecular complexity index is 191. The van der Waals surface area contributed by atoms with E-state index in [9.17, 15) is 0 Å².